The van der Waals surface area contributed by atoms with Gasteiger partial charge in [-0.15, -0.1) is 0 Å². The van der Waals surface area contributed by atoms with E-state index in [1.807, 2.05) is 16.0 Å². The highest BCUT2D eigenvalue weighted by Crippen LogP contribution is 2.30. The van der Waals surface area contributed by atoms with Crippen molar-refractivity contribution < 1.29 is 9.59 Å². The summed E-state index contributed by atoms with van der Waals surface area (Å²) >= 11 is 0. The zero-order chi connectivity index (χ0) is 19.0. The molecule has 1 aromatic rings. The fourth-order valence-corrected chi connectivity index (χ4v) is 4.17. The quantitative estimate of drug-likeness (QED) is 0.886. The zero-order valence-electron chi connectivity index (χ0n) is 16.1. The number of piperazine rings is 1. The summed E-state index contributed by atoms with van der Waals surface area (Å²) in [6, 6.07) is 8.47. The van der Waals surface area contributed by atoms with Gasteiger partial charge in [-0.25, -0.2) is 5.43 Å². The fourth-order valence-electron chi connectivity index (χ4n) is 4.17. The first-order valence-electron chi connectivity index (χ1n) is 9.94. The molecule has 4 rings (SSSR count). The third-order valence-electron chi connectivity index (χ3n) is 5.77. The number of fused-ring (bicyclic) bond motifs is 1. The summed E-state index contributed by atoms with van der Waals surface area (Å²) in [6.07, 6.45) is 5.31. The van der Waals surface area contributed by atoms with Crippen LogP contribution >= 0.6 is 0 Å². The molecule has 0 saturated carbocycles. The number of hydrogen-bond donors (Lipinski definition) is 1. The van der Waals surface area contributed by atoms with Gasteiger partial charge in [0.15, 0.2) is 0 Å². The molecule has 0 spiro atoms. The van der Waals surface area contributed by atoms with E-state index in [1.54, 1.807) is 4.90 Å². The number of hydrazine groups is 1. The van der Waals surface area contributed by atoms with E-state index in [9.17, 15) is 9.59 Å². The Morgan fingerprint density at radius 2 is 1.85 bits per heavy atom. The Bertz CT molecular complexity index is 752. The van der Waals surface area contributed by atoms with E-state index >= 15 is 0 Å². The van der Waals surface area contributed by atoms with E-state index in [-0.39, 0.29) is 30.4 Å². The second-order valence-electron chi connectivity index (χ2n) is 7.92. The van der Waals surface area contributed by atoms with Gasteiger partial charge in [0.2, 0.25) is 5.91 Å². The molecule has 2 saturated heterocycles. The topological polar surface area (TPSA) is 55.9 Å². The number of carbonyl (C=O) groups is 2. The van der Waals surface area contributed by atoms with Gasteiger partial charge in [-0.2, -0.15) is 0 Å². The lowest BCUT2D eigenvalue weighted by atomic mass is 10.1. The van der Waals surface area contributed by atoms with Crippen molar-refractivity contribution in [3.8, 4) is 0 Å². The molecule has 6 heteroatoms. The van der Waals surface area contributed by atoms with Crippen molar-refractivity contribution in [2.45, 2.75) is 45.2 Å². The number of likely N-dealkylation sites (tertiary alicyclic amines) is 1. The predicted octanol–water partition coefficient (Wildman–Crippen LogP) is 1.98. The van der Waals surface area contributed by atoms with E-state index < -0.39 is 0 Å². The maximum atomic E-state index is 13.0. The van der Waals surface area contributed by atoms with Crippen molar-refractivity contribution in [1.82, 2.24) is 20.2 Å². The highest BCUT2D eigenvalue weighted by molar-refractivity contribution is 5.96. The first kappa shape index (κ1) is 18.0. The predicted molar refractivity (Wildman–Crippen MR) is 103 cm³/mol. The van der Waals surface area contributed by atoms with Crippen LogP contribution < -0.4 is 5.43 Å². The maximum Gasteiger partial charge on any atom is 0.271 e. The molecule has 27 heavy (non-hydrogen) atoms. The molecule has 2 fully saturated rings. The van der Waals surface area contributed by atoms with Gasteiger partial charge < -0.3 is 9.80 Å². The fraction of sp³-hybridized carbons (Fsp3) is 0.524. The SMILES string of the molecule is Cc1ccc(C2C=C3C(=O)N(CC(=O)N4CCCCC4)CC(C)N3N2)cc1. The van der Waals surface area contributed by atoms with Crippen LogP contribution in [0.25, 0.3) is 0 Å². The minimum Gasteiger partial charge on any atom is -0.341 e. The number of benzene rings is 1. The van der Waals surface area contributed by atoms with Gasteiger partial charge in [-0.1, -0.05) is 29.8 Å². The maximum absolute atomic E-state index is 13.0. The van der Waals surface area contributed by atoms with E-state index in [0.29, 0.717) is 12.2 Å². The molecule has 1 aromatic carbocycles. The lowest BCUT2D eigenvalue weighted by Crippen LogP contribution is -2.57. The number of nitrogens with one attached hydrogen (secondary N) is 1. The van der Waals surface area contributed by atoms with Crippen LogP contribution in [0.4, 0.5) is 0 Å². The first-order valence-corrected chi connectivity index (χ1v) is 9.94. The molecule has 3 aliphatic heterocycles. The van der Waals surface area contributed by atoms with Gasteiger partial charge in [0, 0.05) is 19.6 Å². The average molecular weight is 368 g/mol. The van der Waals surface area contributed by atoms with Crippen molar-refractivity contribution in [3.05, 3.63) is 47.2 Å². The summed E-state index contributed by atoms with van der Waals surface area (Å²) in [5.41, 5.74) is 6.46. The number of nitrogens with zero attached hydrogens (tertiary/aromatic N) is 3. The minimum atomic E-state index is -0.0550. The van der Waals surface area contributed by atoms with Gasteiger partial charge in [0.05, 0.1) is 12.1 Å². The van der Waals surface area contributed by atoms with E-state index in [0.717, 1.165) is 31.5 Å². The Balaban J connectivity index is 1.48. The molecule has 1 N–H and O–H groups in total. The van der Waals surface area contributed by atoms with Crippen LogP contribution in [-0.4, -0.2) is 58.8 Å². The molecule has 3 heterocycles. The summed E-state index contributed by atoms with van der Waals surface area (Å²) < 4.78 is 0. The first-order chi connectivity index (χ1) is 13.0. The summed E-state index contributed by atoms with van der Waals surface area (Å²) in [5, 5.41) is 1.97. The number of piperidine rings is 1. The highest BCUT2D eigenvalue weighted by Gasteiger charge is 2.40. The molecular formula is C21H28N4O2. The summed E-state index contributed by atoms with van der Waals surface area (Å²) in [4.78, 5) is 29.2. The highest BCUT2D eigenvalue weighted by atomic mass is 16.2. The molecular weight excluding hydrogens is 340 g/mol. The number of carbonyl (C=O) groups excluding carboxylic acids is 2. The van der Waals surface area contributed by atoms with Crippen LogP contribution in [0, 0.1) is 6.92 Å². The van der Waals surface area contributed by atoms with Gasteiger partial charge in [-0.05, 0) is 44.7 Å². The van der Waals surface area contributed by atoms with Crippen LogP contribution in [-0.2, 0) is 9.59 Å². The van der Waals surface area contributed by atoms with Crippen molar-refractivity contribution in [3.63, 3.8) is 0 Å². The summed E-state index contributed by atoms with van der Waals surface area (Å²) in [5.74, 6) is 0.0194. The average Bonchev–Trinajstić information content (AvgIpc) is 3.13. The largest absolute Gasteiger partial charge is 0.341 e. The Kier molecular flexibility index (Phi) is 4.91. The smallest absolute Gasteiger partial charge is 0.271 e. The number of aryl methyl sites for hydroxylation is 1. The van der Waals surface area contributed by atoms with E-state index in [2.05, 4.69) is 43.5 Å². The number of hydrogen-bond acceptors (Lipinski definition) is 4. The van der Waals surface area contributed by atoms with Gasteiger partial charge in [-0.3, -0.25) is 14.6 Å². The van der Waals surface area contributed by atoms with E-state index in [1.165, 1.54) is 12.0 Å². The molecule has 0 aliphatic carbocycles. The molecule has 2 amide bonds. The van der Waals surface area contributed by atoms with Gasteiger partial charge in [0.1, 0.15) is 12.2 Å². The van der Waals surface area contributed by atoms with Gasteiger partial charge >= 0.3 is 0 Å². The van der Waals surface area contributed by atoms with Crippen LogP contribution in [0.1, 0.15) is 43.4 Å². The third-order valence-corrected chi connectivity index (χ3v) is 5.77. The second kappa shape index (κ2) is 7.35. The summed E-state index contributed by atoms with van der Waals surface area (Å²) in [6.45, 7) is 6.54. The lowest BCUT2D eigenvalue weighted by Gasteiger charge is -2.40. The monoisotopic (exact) mass is 368 g/mol. The molecule has 6 nitrogen and oxygen atoms in total. The minimum absolute atomic E-state index is 0.00949. The molecule has 2 atom stereocenters. The molecule has 0 aromatic heterocycles. The van der Waals surface area contributed by atoms with Crippen LogP contribution in [0.5, 0.6) is 0 Å². The Labute approximate surface area is 160 Å². The number of rotatable bonds is 3. The Morgan fingerprint density at radius 1 is 1.15 bits per heavy atom. The van der Waals surface area contributed by atoms with Crippen molar-refractivity contribution in [2.24, 2.45) is 0 Å². The molecule has 144 valence electrons. The zero-order valence-corrected chi connectivity index (χ0v) is 16.1. The van der Waals surface area contributed by atoms with Crippen LogP contribution in [0.2, 0.25) is 0 Å². The normalized spacial score (nSPS) is 25.5. The molecule has 0 bridgehead atoms. The lowest BCUT2D eigenvalue weighted by molar-refractivity contribution is -0.143. The Morgan fingerprint density at radius 3 is 2.56 bits per heavy atom. The van der Waals surface area contributed by atoms with E-state index in [4.69, 9.17) is 0 Å². The molecule has 0 radical (unpaired) electrons. The standard InChI is InChI=1S/C21H28N4O2/c1-15-6-8-17(9-7-15)18-12-19-21(27)24(13-16(2)25(19)22-18)14-20(26)23-10-4-3-5-11-23/h6-9,12,16,18,22H,3-5,10-11,13-14H2,1-2H3. The van der Waals surface area contributed by atoms with Crippen LogP contribution in [0.15, 0.2) is 36.0 Å². The molecule has 2 unspecified atom stereocenters. The van der Waals surface area contributed by atoms with Crippen molar-refractivity contribution in [2.75, 3.05) is 26.2 Å². The second-order valence-corrected chi connectivity index (χ2v) is 7.92. The van der Waals surface area contributed by atoms with Crippen LogP contribution in [0.3, 0.4) is 0 Å². The summed E-state index contributed by atoms with van der Waals surface area (Å²) in [7, 11) is 0. The van der Waals surface area contributed by atoms with Crippen molar-refractivity contribution >= 4 is 11.8 Å². The third kappa shape index (κ3) is 3.58. The number of amides is 2. The van der Waals surface area contributed by atoms with Crippen molar-refractivity contribution in [1.29, 1.82) is 0 Å². The van der Waals surface area contributed by atoms with Gasteiger partial charge in [0.25, 0.3) is 5.91 Å². The Hall–Kier alpha value is -2.34. The molecule has 3 aliphatic rings.